The minimum Gasteiger partial charge on any atom is -0.491 e. The van der Waals surface area contributed by atoms with Crippen molar-refractivity contribution in [3.05, 3.63) is 54.1 Å². The van der Waals surface area contributed by atoms with Crippen molar-refractivity contribution in [2.45, 2.75) is 20.8 Å². The Hall–Kier alpha value is -2.86. The van der Waals surface area contributed by atoms with E-state index in [-0.39, 0.29) is 17.7 Å². The maximum absolute atomic E-state index is 12.3. The summed E-state index contributed by atoms with van der Waals surface area (Å²) in [7, 11) is 0. The average molecular weight is 370 g/mol. The van der Waals surface area contributed by atoms with E-state index in [1.165, 1.54) is 0 Å². The molecule has 0 radical (unpaired) electrons. The summed E-state index contributed by atoms with van der Waals surface area (Å²) in [6.07, 6.45) is 0. The molecule has 2 aromatic rings. The van der Waals surface area contributed by atoms with E-state index in [1.807, 2.05) is 20.8 Å². The van der Waals surface area contributed by atoms with Crippen molar-refractivity contribution in [1.29, 1.82) is 0 Å². The van der Waals surface area contributed by atoms with Gasteiger partial charge in [-0.1, -0.05) is 13.8 Å². The van der Waals surface area contributed by atoms with Crippen LogP contribution in [0.25, 0.3) is 0 Å². The molecule has 0 aliphatic rings. The van der Waals surface area contributed by atoms with E-state index in [9.17, 15) is 9.59 Å². The first kappa shape index (κ1) is 20.5. The summed E-state index contributed by atoms with van der Waals surface area (Å²) in [4.78, 5) is 24.0. The Morgan fingerprint density at radius 3 is 2.04 bits per heavy atom. The van der Waals surface area contributed by atoms with Gasteiger partial charge in [0.15, 0.2) is 0 Å². The van der Waals surface area contributed by atoms with E-state index in [1.54, 1.807) is 48.5 Å². The molecule has 2 aromatic carbocycles. The third-order valence-electron chi connectivity index (χ3n) is 3.75. The minimum atomic E-state index is -0.213. The van der Waals surface area contributed by atoms with Crippen LogP contribution < -0.4 is 15.4 Å². The number of hydrogen-bond acceptors (Lipinski definition) is 4. The summed E-state index contributed by atoms with van der Waals surface area (Å²) in [6.45, 7) is 7.26. The van der Waals surface area contributed by atoms with Crippen molar-refractivity contribution in [2.24, 2.45) is 5.92 Å². The molecule has 2 rings (SSSR count). The number of hydrogen-bond donors (Lipinski definition) is 2. The average Bonchev–Trinajstić information content (AvgIpc) is 2.67. The second-order valence-electron chi connectivity index (χ2n) is 6.25. The molecule has 6 nitrogen and oxygen atoms in total. The van der Waals surface area contributed by atoms with Gasteiger partial charge in [0.25, 0.3) is 5.91 Å². The zero-order valence-corrected chi connectivity index (χ0v) is 16.0. The second-order valence-corrected chi connectivity index (χ2v) is 6.25. The lowest BCUT2D eigenvalue weighted by molar-refractivity contribution is -0.118. The van der Waals surface area contributed by atoms with Crippen LogP contribution in [-0.4, -0.2) is 31.6 Å². The van der Waals surface area contributed by atoms with Crippen molar-refractivity contribution < 1.29 is 19.1 Å². The predicted octanol–water partition coefficient (Wildman–Crippen LogP) is 3.95. The SMILES string of the molecule is CCOCCOc1ccc(C(=O)Nc2ccc(NC(=O)C(C)C)cc2)cc1. The Balaban J connectivity index is 1.88. The van der Waals surface area contributed by atoms with Crippen molar-refractivity contribution in [2.75, 3.05) is 30.5 Å². The number of benzene rings is 2. The van der Waals surface area contributed by atoms with Gasteiger partial charge >= 0.3 is 0 Å². The number of carbonyl (C=O) groups is 2. The lowest BCUT2D eigenvalue weighted by Gasteiger charge is -2.10. The van der Waals surface area contributed by atoms with Gasteiger partial charge in [-0.2, -0.15) is 0 Å². The fourth-order valence-corrected chi connectivity index (χ4v) is 2.19. The normalized spacial score (nSPS) is 10.5. The van der Waals surface area contributed by atoms with E-state index >= 15 is 0 Å². The number of carbonyl (C=O) groups excluding carboxylic acids is 2. The number of anilines is 2. The Kier molecular flexibility index (Phi) is 7.82. The van der Waals surface area contributed by atoms with Crippen molar-refractivity contribution in [3.63, 3.8) is 0 Å². The highest BCUT2D eigenvalue weighted by atomic mass is 16.5. The van der Waals surface area contributed by atoms with Crippen molar-refractivity contribution >= 4 is 23.2 Å². The first-order valence-corrected chi connectivity index (χ1v) is 9.02. The summed E-state index contributed by atoms with van der Waals surface area (Å²) in [6, 6.07) is 13.9. The summed E-state index contributed by atoms with van der Waals surface area (Å²) in [5, 5.41) is 5.64. The molecule has 6 heteroatoms. The summed E-state index contributed by atoms with van der Waals surface area (Å²) < 4.78 is 10.7. The van der Waals surface area contributed by atoms with E-state index in [0.717, 1.165) is 0 Å². The largest absolute Gasteiger partial charge is 0.491 e. The fraction of sp³-hybridized carbons (Fsp3) is 0.333. The van der Waals surface area contributed by atoms with Crippen LogP contribution in [0.3, 0.4) is 0 Å². The van der Waals surface area contributed by atoms with E-state index < -0.39 is 0 Å². The maximum atomic E-state index is 12.3. The molecule has 0 fully saturated rings. The van der Waals surface area contributed by atoms with Gasteiger partial charge < -0.3 is 20.1 Å². The topological polar surface area (TPSA) is 76.7 Å². The van der Waals surface area contributed by atoms with Gasteiger partial charge in [0.05, 0.1) is 6.61 Å². The molecule has 0 saturated carbocycles. The lowest BCUT2D eigenvalue weighted by atomic mass is 10.2. The van der Waals surface area contributed by atoms with Gasteiger partial charge in [0.2, 0.25) is 5.91 Å². The highest BCUT2D eigenvalue weighted by Gasteiger charge is 2.09. The molecule has 0 saturated heterocycles. The maximum Gasteiger partial charge on any atom is 0.255 e. The third-order valence-corrected chi connectivity index (χ3v) is 3.75. The number of rotatable bonds is 9. The van der Waals surface area contributed by atoms with Crippen LogP contribution in [0, 0.1) is 5.92 Å². The van der Waals surface area contributed by atoms with Crippen LogP contribution in [-0.2, 0) is 9.53 Å². The Bertz CT molecular complexity index is 740. The highest BCUT2D eigenvalue weighted by molar-refractivity contribution is 6.04. The molecule has 0 heterocycles. The number of amides is 2. The van der Waals surface area contributed by atoms with Crippen molar-refractivity contribution in [1.82, 2.24) is 0 Å². The van der Waals surface area contributed by atoms with Crippen LogP contribution in [0.4, 0.5) is 11.4 Å². The summed E-state index contributed by atoms with van der Waals surface area (Å²) in [5.74, 6) is 0.345. The molecule has 0 bridgehead atoms. The zero-order chi connectivity index (χ0) is 19.6. The van der Waals surface area contributed by atoms with Crippen LogP contribution in [0.1, 0.15) is 31.1 Å². The molecule has 27 heavy (non-hydrogen) atoms. The molecule has 2 amide bonds. The third kappa shape index (κ3) is 6.75. The van der Waals surface area contributed by atoms with E-state index in [0.29, 0.717) is 42.5 Å². The molecule has 2 N–H and O–H groups in total. The van der Waals surface area contributed by atoms with Gasteiger partial charge in [-0.3, -0.25) is 9.59 Å². The Morgan fingerprint density at radius 2 is 1.48 bits per heavy atom. The van der Waals surface area contributed by atoms with Crippen LogP contribution in [0.15, 0.2) is 48.5 Å². The van der Waals surface area contributed by atoms with E-state index in [4.69, 9.17) is 9.47 Å². The smallest absolute Gasteiger partial charge is 0.255 e. The lowest BCUT2D eigenvalue weighted by Crippen LogP contribution is -2.17. The number of nitrogens with one attached hydrogen (secondary N) is 2. The predicted molar refractivity (Wildman–Crippen MR) is 106 cm³/mol. The zero-order valence-electron chi connectivity index (χ0n) is 16.0. The van der Waals surface area contributed by atoms with Gasteiger partial charge in [-0.25, -0.2) is 0 Å². The fourth-order valence-electron chi connectivity index (χ4n) is 2.19. The Morgan fingerprint density at radius 1 is 0.889 bits per heavy atom. The molecule has 0 unspecified atom stereocenters. The van der Waals surface area contributed by atoms with Crippen LogP contribution in [0.2, 0.25) is 0 Å². The summed E-state index contributed by atoms with van der Waals surface area (Å²) >= 11 is 0. The van der Waals surface area contributed by atoms with Gasteiger partial charge in [0, 0.05) is 29.5 Å². The molecule has 0 aliphatic carbocycles. The second kappa shape index (κ2) is 10.3. The monoisotopic (exact) mass is 370 g/mol. The first-order valence-electron chi connectivity index (χ1n) is 9.02. The van der Waals surface area contributed by atoms with Gasteiger partial charge in [-0.15, -0.1) is 0 Å². The molecule has 0 atom stereocenters. The molecular formula is C21H26N2O4. The van der Waals surface area contributed by atoms with Gasteiger partial charge in [-0.05, 0) is 55.5 Å². The Labute approximate surface area is 159 Å². The van der Waals surface area contributed by atoms with Crippen LogP contribution >= 0.6 is 0 Å². The summed E-state index contributed by atoms with van der Waals surface area (Å²) in [5.41, 5.74) is 1.88. The standard InChI is InChI=1S/C21H26N2O4/c1-4-26-13-14-27-19-11-5-16(6-12-19)21(25)23-18-9-7-17(8-10-18)22-20(24)15(2)3/h5-12,15H,4,13-14H2,1-3H3,(H,22,24)(H,23,25). The minimum absolute atomic E-state index is 0.0460. The number of ether oxygens (including phenoxy) is 2. The quantitative estimate of drug-likeness (QED) is 0.655. The molecule has 0 spiro atoms. The highest BCUT2D eigenvalue weighted by Crippen LogP contribution is 2.17. The van der Waals surface area contributed by atoms with Crippen molar-refractivity contribution in [3.8, 4) is 5.75 Å². The van der Waals surface area contributed by atoms with Gasteiger partial charge in [0.1, 0.15) is 12.4 Å². The molecule has 0 aromatic heterocycles. The van der Waals surface area contributed by atoms with Crippen LogP contribution in [0.5, 0.6) is 5.75 Å². The first-order chi connectivity index (χ1) is 13.0. The molecule has 0 aliphatic heterocycles. The molecular weight excluding hydrogens is 344 g/mol. The molecule has 144 valence electrons. The van der Waals surface area contributed by atoms with E-state index in [2.05, 4.69) is 10.6 Å².